The molecule has 0 radical (unpaired) electrons. The molecule has 2 amide bonds. The van der Waals surface area contributed by atoms with Crippen molar-refractivity contribution in [3.63, 3.8) is 0 Å². The molecule has 5 nitrogen and oxygen atoms in total. The van der Waals surface area contributed by atoms with Crippen LogP contribution in [-0.4, -0.2) is 43.4 Å². The molecule has 2 aromatic rings. The van der Waals surface area contributed by atoms with Gasteiger partial charge in [-0.1, -0.05) is 30.3 Å². The fourth-order valence-corrected chi connectivity index (χ4v) is 3.15. The van der Waals surface area contributed by atoms with E-state index in [4.69, 9.17) is 0 Å². The smallest absolute Gasteiger partial charge is 0.251 e. The fraction of sp³-hybridized carbons (Fsp3) is 0.333. The first-order valence-electron chi connectivity index (χ1n) is 9.04. The third-order valence-corrected chi connectivity index (χ3v) is 4.66. The molecular weight excluding hydrogens is 326 g/mol. The standard InChI is InChI=1S/C21H25N3O2/c1-23(19-9-3-2-4-10-19)14-12-22-21(26)18-8-5-7-17(15-18)16-24-13-6-11-20(24)25/h2-5,7-10,15H,6,11-14,16H2,1H3,(H,22,26). The van der Waals surface area contributed by atoms with Gasteiger partial charge in [-0.25, -0.2) is 0 Å². The van der Waals surface area contributed by atoms with Crippen molar-refractivity contribution in [2.45, 2.75) is 19.4 Å². The summed E-state index contributed by atoms with van der Waals surface area (Å²) in [5.74, 6) is 0.116. The second-order valence-corrected chi connectivity index (χ2v) is 6.63. The molecule has 5 heteroatoms. The number of para-hydroxylation sites is 1. The first kappa shape index (κ1) is 18.0. The topological polar surface area (TPSA) is 52.7 Å². The van der Waals surface area contributed by atoms with E-state index in [0.29, 0.717) is 25.1 Å². The van der Waals surface area contributed by atoms with Crippen molar-refractivity contribution in [1.29, 1.82) is 0 Å². The van der Waals surface area contributed by atoms with Crippen LogP contribution in [0.5, 0.6) is 0 Å². The molecular formula is C21H25N3O2. The first-order chi connectivity index (χ1) is 12.6. The molecule has 26 heavy (non-hydrogen) atoms. The summed E-state index contributed by atoms with van der Waals surface area (Å²) < 4.78 is 0. The summed E-state index contributed by atoms with van der Waals surface area (Å²) >= 11 is 0. The summed E-state index contributed by atoms with van der Waals surface area (Å²) in [7, 11) is 2.01. The number of carbonyl (C=O) groups is 2. The number of carbonyl (C=O) groups excluding carboxylic acids is 2. The highest BCUT2D eigenvalue weighted by molar-refractivity contribution is 5.94. The third-order valence-electron chi connectivity index (χ3n) is 4.66. The number of hydrogen-bond acceptors (Lipinski definition) is 3. The lowest BCUT2D eigenvalue weighted by Gasteiger charge is -2.19. The van der Waals surface area contributed by atoms with Gasteiger partial charge in [-0.05, 0) is 36.2 Å². The summed E-state index contributed by atoms with van der Waals surface area (Å²) in [6.45, 7) is 2.69. The molecule has 3 rings (SSSR count). The second-order valence-electron chi connectivity index (χ2n) is 6.63. The molecule has 0 aliphatic carbocycles. The Morgan fingerprint density at radius 1 is 1.15 bits per heavy atom. The minimum atomic E-state index is -0.0824. The Balaban J connectivity index is 1.51. The van der Waals surface area contributed by atoms with Crippen LogP contribution in [-0.2, 0) is 11.3 Å². The fourth-order valence-electron chi connectivity index (χ4n) is 3.15. The van der Waals surface area contributed by atoms with Crippen molar-refractivity contribution in [2.24, 2.45) is 0 Å². The lowest BCUT2D eigenvalue weighted by atomic mass is 10.1. The van der Waals surface area contributed by atoms with Gasteiger partial charge in [0, 0.05) is 50.9 Å². The van der Waals surface area contributed by atoms with Gasteiger partial charge in [0.15, 0.2) is 0 Å². The van der Waals surface area contributed by atoms with Crippen molar-refractivity contribution in [3.8, 4) is 0 Å². The SMILES string of the molecule is CN(CCNC(=O)c1cccc(CN2CCCC2=O)c1)c1ccccc1. The average molecular weight is 351 g/mol. The molecule has 1 heterocycles. The van der Waals surface area contributed by atoms with Crippen molar-refractivity contribution in [3.05, 3.63) is 65.7 Å². The van der Waals surface area contributed by atoms with E-state index in [0.717, 1.165) is 30.8 Å². The van der Waals surface area contributed by atoms with Crippen LogP contribution < -0.4 is 10.2 Å². The number of likely N-dealkylation sites (tertiary alicyclic amines) is 1. The van der Waals surface area contributed by atoms with Gasteiger partial charge in [-0.3, -0.25) is 9.59 Å². The van der Waals surface area contributed by atoms with Crippen LogP contribution in [0.4, 0.5) is 5.69 Å². The molecule has 136 valence electrons. The zero-order valence-electron chi connectivity index (χ0n) is 15.1. The largest absolute Gasteiger partial charge is 0.373 e. The van der Waals surface area contributed by atoms with Gasteiger partial charge in [-0.15, -0.1) is 0 Å². The molecule has 1 saturated heterocycles. The monoisotopic (exact) mass is 351 g/mol. The molecule has 0 aromatic heterocycles. The van der Waals surface area contributed by atoms with E-state index in [2.05, 4.69) is 10.2 Å². The van der Waals surface area contributed by atoms with E-state index >= 15 is 0 Å². The van der Waals surface area contributed by atoms with Crippen LogP contribution in [0.2, 0.25) is 0 Å². The number of nitrogens with zero attached hydrogens (tertiary/aromatic N) is 2. The molecule has 0 bridgehead atoms. The highest BCUT2D eigenvalue weighted by Gasteiger charge is 2.20. The second kappa shape index (κ2) is 8.52. The Kier molecular flexibility index (Phi) is 5.89. The lowest BCUT2D eigenvalue weighted by molar-refractivity contribution is -0.128. The van der Waals surface area contributed by atoms with E-state index in [-0.39, 0.29) is 11.8 Å². The number of likely N-dealkylation sites (N-methyl/N-ethyl adjacent to an activating group) is 1. The molecule has 1 fully saturated rings. The summed E-state index contributed by atoms with van der Waals surface area (Å²) in [5, 5.41) is 2.97. The lowest BCUT2D eigenvalue weighted by Crippen LogP contribution is -2.33. The molecule has 0 atom stereocenters. The van der Waals surface area contributed by atoms with Gasteiger partial charge in [0.25, 0.3) is 5.91 Å². The van der Waals surface area contributed by atoms with E-state index in [1.54, 1.807) is 0 Å². The number of amides is 2. The van der Waals surface area contributed by atoms with Gasteiger partial charge in [-0.2, -0.15) is 0 Å². The Hall–Kier alpha value is -2.82. The average Bonchev–Trinajstić information content (AvgIpc) is 3.07. The minimum absolute atomic E-state index is 0.0824. The van der Waals surface area contributed by atoms with Crippen molar-refractivity contribution in [1.82, 2.24) is 10.2 Å². The zero-order valence-corrected chi connectivity index (χ0v) is 15.1. The van der Waals surface area contributed by atoms with E-state index in [1.165, 1.54) is 0 Å². The van der Waals surface area contributed by atoms with Crippen molar-refractivity contribution in [2.75, 3.05) is 31.6 Å². The Labute approximate surface area is 154 Å². The summed E-state index contributed by atoms with van der Waals surface area (Å²) in [6, 6.07) is 17.6. The normalized spacial score (nSPS) is 13.7. The van der Waals surface area contributed by atoms with Crippen LogP contribution in [0.3, 0.4) is 0 Å². The zero-order chi connectivity index (χ0) is 18.4. The Morgan fingerprint density at radius 2 is 1.96 bits per heavy atom. The van der Waals surface area contributed by atoms with Gasteiger partial charge < -0.3 is 15.1 Å². The van der Waals surface area contributed by atoms with Crippen LogP contribution in [0.1, 0.15) is 28.8 Å². The molecule has 0 saturated carbocycles. The van der Waals surface area contributed by atoms with E-state index < -0.39 is 0 Å². The number of benzene rings is 2. The molecule has 1 N–H and O–H groups in total. The summed E-state index contributed by atoms with van der Waals surface area (Å²) in [6.07, 6.45) is 1.56. The number of anilines is 1. The van der Waals surface area contributed by atoms with E-state index in [9.17, 15) is 9.59 Å². The van der Waals surface area contributed by atoms with Crippen molar-refractivity contribution >= 4 is 17.5 Å². The van der Waals surface area contributed by atoms with Gasteiger partial charge in [0.1, 0.15) is 0 Å². The maximum absolute atomic E-state index is 12.4. The molecule has 1 aliphatic heterocycles. The molecule has 2 aromatic carbocycles. The van der Waals surface area contributed by atoms with Gasteiger partial charge in [0.05, 0.1) is 0 Å². The van der Waals surface area contributed by atoms with Crippen LogP contribution in [0.25, 0.3) is 0 Å². The minimum Gasteiger partial charge on any atom is -0.373 e. The Morgan fingerprint density at radius 3 is 2.69 bits per heavy atom. The predicted molar refractivity (Wildman–Crippen MR) is 103 cm³/mol. The number of hydrogen-bond donors (Lipinski definition) is 1. The quantitative estimate of drug-likeness (QED) is 0.834. The van der Waals surface area contributed by atoms with Gasteiger partial charge in [0.2, 0.25) is 5.91 Å². The number of nitrogens with one attached hydrogen (secondary N) is 1. The first-order valence-corrected chi connectivity index (χ1v) is 9.04. The van der Waals surface area contributed by atoms with Gasteiger partial charge >= 0.3 is 0 Å². The third kappa shape index (κ3) is 4.63. The Bertz CT molecular complexity index is 761. The summed E-state index contributed by atoms with van der Waals surface area (Å²) in [5.41, 5.74) is 2.75. The van der Waals surface area contributed by atoms with Crippen LogP contribution in [0, 0.1) is 0 Å². The van der Waals surface area contributed by atoms with E-state index in [1.807, 2.05) is 66.5 Å². The molecule has 1 aliphatic rings. The molecule has 0 unspecified atom stereocenters. The highest BCUT2D eigenvalue weighted by Crippen LogP contribution is 2.15. The summed E-state index contributed by atoms with van der Waals surface area (Å²) in [4.78, 5) is 28.1. The molecule has 0 spiro atoms. The number of rotatable bonds is 7. The van der Waals surface area contributed by atoms with Crippen molar-refractivity contribution < 1.29 is 9.59 Å². The van der Waals surface area contributed by atoms with Crippen LogP contribution in [0.15, 0.2) is 54.6 Å². The maximum Gasteiger partial charge on any atom is 0.251 e. The predicted octanol–water partition coefficient (Wildman–Crippen LogP) is 2.68. The van der Waals surface area contributed by atoms with Crippen LogP contribution >= 0.6 is 0 Å². The maximum atomic E-state index is 12.4. The highest BCUT2D eigenvalue weighted by atomic mass is 16.2.